The molecular weight excluding hydrogens is 284 g/mol. The van der Waals surface area contributed by atoms with Crippen LogP contribution in [0, 0.1) is 0 Å². The molecule has 1 atom stereocenters. The molecule has 2 aromatic heterocycles. The summed E-state index contributed by atoms with van der Waals surface area (Å²) in [6.07, 6.45) is 9.30. The predicted octanol–water partition coefficient (Wildman–Crippen LogP) is 1.89. The van der Waals surface area contributed by atoms with Crippen LogP contribution in [0.25, 0.3) is 0 Å². The van der Waals surface area contributed by atoms with E-state index in [9.17, 15) is 4.79 Å². The monoisotopic (exact) mass is 302 g/mol. The van der Waals surface area contributed by atoms with Crippen LogP contribution in [0.3, 0.4) is 0 Å². The molecule has 0 aromatic carbocycles. The maximum absolute atomic E-state index is 12.5. The van der Waals surface area contributed by atoms with Crippen LogP contribution >= 0.6 is 11.8 Å². The number of aromatic nitrogens is 3. The highest BCUT2D eigenvalue weighted by molar-refractivity contribution is 7.97. The van der Waals surface area contributed by atoms with E-state index in [1.807, 2.05) is 30.8 Å². The Morgan fingerprint density at radius 1 is 1.48 bits per heavy atom. The van der Waals surface area contributed by atoms with E-state index in [1.165, 1.54) is 0 Å². The van der Waals surface area contributed by atoms with Crippen molar-refractivity contribution in [2.24, 2.45) is 0 Å². The van der Waals surface area contributed by atoms with Gasteiger partial charge < -0.3 is 9.88 Å². The summed E-state index contributed by atoms with van der Waals surface area (Å²) in [6, 6.07) is 3.98. The van der Waals surface area contributed by atoms with Crippen LogP contribution in [0.5, 0.6) is 0 Å². The van der Waals surface area contributed by atoms with Gasteiger partial charge in [-0.3, -0.25) is 9.78 Å². The molecule has 6 heteroatoms. The van der Waals surface area contributed by atoms with Gasteiger partial charge in [0.1, 0.15) is 11.5 Å². The van der Waals surface area contributed by atoms with Crippen molar-refractivity contribution in [2.75, 3.05) is 6.26 Å². The van der Waals surface area contributed by atoms with E-state index in [2.05, 4.69) is 19.9 Å². The molecule has 0 fully saturated rings. The highest BCUT2D eigenvalue weighted by atomic mass is 32.2. The second-order valence-corrected chi connectivity index (χ2v) is 6.02. The van der Waals surface area contributed by atoms with Crippen LogP contribution in [0.4, 0.5) is 0 Å². The first-order chi connectivity index (χ1) is 10.3. The minimum Gasteiger partial charge on any atom is -0.346 e. The van der Waals surface area contributed by atoms with E-state index in [0.717, 1.165) is 36.5 Å². The van der Waals surface area contributed by atoms with E-state index in [4.69, 9.17) is 0 Å². The molecule has 0 aliphatic carbocycles. The predicted molar refractivity (Wildman–Crippen MR) is 83.3 cm³/mol. The smallest absolute Gasteiger partial charge is 0.270 e. The summed E-state index contributed by atoms with van der Waals surface area (Å²) in [5, 5.41) is 3.11. The zero-order valence-electron chi connectivity index (χ0n) is 12.0. The summed E-state index contributed by atoms with van der Waals surface area (Å²) in [5.74, 6) is 1.82. The SMILES string of the molecule is CSCc1cccnc1C(=O)NC1CCc2nccn2C1. The molecule has 0 saturated heterocycles. The lowest BCUT2D eigenvalue weighted by atomic mass is 10.1. The number of rotatable bonds is 4. The van der Waals surface area contributed by atoms with Gasteiger partial charge in [0.25, 0.3) is 5.91 Å². The molecule has 0 bridgehead atoms. The van der Waals surface area contributed by atoms with Crippen LogP contribution in [0.2, 0.25) is 0 Å². The normalized spacial score (nSPS) is 17.3. The minimum absolute atomic E-state index is 0.0757. The minimum atomic E-state index is -0.0757. The average Bonchev–Trinajstić information content (AvgIpc) is 2.95. The fourth-order valence-corrected chi connectivity index (χ4v) is 3.20. The van der Waals surface area contributed by atoms with E-state index in [0.29, 0.717) is 5.69 Å². The molecule has 0 saturated carbocycles. The van der Waals surface area contributed by atoms with Gasteiger partial charge >= 0.3 is 0 Å². The van der Waals surface area contributed by atoms with E-state index >= 15 is 0 Å². The molecule has 1 N–H and O–H groups in total. The molecule has 0 radical (unpaired) electrons. The molecule has 110 valence electrons. The molecule has 5 nitrogen and oxygen atoms in total. The molecule has 3 rings (SSSR count). The summed E-state index contributed by atoms with van der Waals surface area (Å²) in [7, 11) is 0. The van der Waals surface area contributed by atoms with Gasteiger partial charge in [0.05, 0.1) is 0 Å². The second-order valence-electron chi connectivity index (χ2n) is 5.15. The van der Waals surface area contributed by atoms with Gasteiger partial charge in [0.15, 0.2) is 0 Å². The van der Waals surface area contributed by atoms with Gasteiger partial charge in [-0.25, -0.2) is 4.98 Å². The first kappa shape index (κ1) is 14.1. The third-order valence-electron chi connectivity index (χ3n) is 3.68. The van der Waals surface area contributed by atoms with Gasteiger partial charge in [-0.05, 0) is 24.3 Å². The first-order valence-corrected chi connectivity index (χ1v) is 8.41. The number of amides is 1. The van der Waals surface area contributed by atoms with Crippen molar-refractivity contribution in [3.63, 3.8) is 0 Å². The number of fused-ring (bicyclic) bond motifs is 1. The molecule has 2 aromatic rings. The fraction of sp³-hybridized carbons (Fsp3) is 0.400. The van der Waals surface area contributed by atoms with Crippen molar-refractivity contribution in [3.8, 4) is 0 Å². The number of nitrogens with zero attached hydrogens (tertiary/aromatic N) is 3. The number of pyridine rings is 1. The largest absolute Gasteiger partial charge is 0.346 e. The van der Waals surface area contributed by atoms with Crippen LogP contribution in [0.15, 0.2) is 30.7 Å². The molecule has 0 spiro atoms. The van der Waals surface area contributed by atoms with Gasteiger partial charge in [-0.2, -0.15) is 11.8 Å². The highest BCUT2D eigenvalue weighted by Gasteiger charge is 2.22. The van der Waals surface area contributed by atoms with Crippen LogP contribution in [-0.4, -0.2) is 32.7 Å². The fourth-order valence-electron chi connectivity index (χ4n) is 2.65. The quantitative estimate of drug-likeness (QED) is 0.937. The van der Waals surface area contributed by atoms with Gasteiger partial charge in [0.2, 0.25) is 0 Å². The lowest BCUT2D eigenvalue weighted by Crippen LogP contribution is -2.41. The Labute approximate surface area is 128 Å². The Morgan fingerprint density at radius 2 is 2.38 bits per heavy atom. The summed E-state index contributed by atoms with van der Waals surface area (Å²) < 4.78 is 2.11. The van der Waals surface area contributed by atoms with Gasteiger partial charge in [-0.15, -0.1) is 0 Å². The number of thioether (sulfide) groups is 1. The van der Waals surface area contributed by atoms with Crippen LogP contribution in [-0.2, 0) is 18.7 Å². The average molecular weight is 302 g/mol. The lowest BCUT2D eigenvalue weighted by Gasteiger charge is -2.24. The van der Waals surface area contributed by atoms with E-state index in [1.54, 1.807) is 18.0 Å². The number of imidazole rings is 1. The van der Waals surface area contributed by atoms with Crippen LogP contribution < -0.4 is 5.32 Å². The van der Waals surface area contributed by atoms with E-state index in [-0.39, 0.29) is 11.9 Å². The van der Waals surface area contributed by atoms with Gasteiger partial charge in [0, 0.05) is 43.4 Å². The molecule has 3 heterocycles. The third kappa shape index (κ3) is 3.10. The standard InChI is InChI=1S/C15H18N4OS/c1-21-10-11-3-2-6-17-14(11)15(20)18-12-4-5-13-16-7-8-19(13)9-12/h2-3,6-8,12H,4-5,9-10H2,1H3,(H,18,20). The molecule has 1 aliphatic rings. The summed E-state index contributed by atoms with van der Waals surface area (Å²) in [5.41, 5.74) is 1.53. The highest BCUT2D eigenvalue weighted by Crippen LogP contribution is 2.16. The zero-order chi connectivity index (χ0) is 14.7. The Hall–Kier alpha value is -1.82. The zero-order valence-corrected chi connectivity index (χ0v) is 12.8. The van der Waals surface area contributed by atoms with E-state index < -0.39 is 0 Å². The van der Waals surface area contributed by atoms with Crippen molar-refractivity contribution in [1.29, 1.82) is 0 Å². The number of carbonyl (C=O) groups is 1. The van der Waals surface area contributed by atoms with Crippen molar-refractivity contribution < 1.29 is 4.79 Å². The number of carbonyl (C=O) groups excluding carboxylic acids is 1. The number of hydrogen-bond acceptors (Lipinski definition) is 4. The summed E-state index contributed by atoms with van der Waals surface area (Å²) in [4.78, 5) is 21.0. The second kappa shape index (κ2) is 6.30. The number of hydrogen-bond donors (Lipinski definition) is 1. The Morgan fingerprint density at radius 3 is 3.24 bits per heavy atom. The molecule has 1 aliphatic heterocycles. The van der Waals surface area contributed by atoms with Gasteiger partial charge in [-0.1, -0.05) is 6.07 Å². The summed E-state index contributed by atoms with van der Waals surface area (Å²) in [6.45, 7) is 0.784. The van der Waals surface area contributed by atoms with Crippen molar-refractivity contribution >= 4 is 17.7 Å². The van der Waals surface area contributed by atoms with Crippen molar-refractivity contribution in [1.82, 2.24) is 19.9 Å². The Balaban J connectivity index is 1.70. The molecular formula is C15H18N4OS. The molecule has 21 heavy (non-hydrogen) atoms. The summed E-state index contributed by atoms with van der Waals surface area (Å²) >= 11 is 1.69. The number of aryl methyl sites for hydroxylation is 1. The number of nitrogens with one attached hydrogen (secondary N) is 1. The lowest BCUT2D eigenvalue weighted by molar-refractivity contribution is 0.0921. The maximum Gasteiger partial charge on any atom is 0.270 e. The molecule has 1 unspecified atom stereocenters. The van der Waals surface area contributed by atoms with Crippen molar-refractivity contribution in [3.05, 3.63) is 47.8 Å². The van der Waals surface area contributed by atoms with Crippen LogP contribution in [0.1, 0.15) is 28.3 Å². The Bertz CT molecular complexity index is 640. The maximum atomic E-state index is 12.5. The molecule has 1 amide bonds. The van der Waals surface area contributed by atoms with Crippen molar-refractivity contribution in [2.45, 2.75) is 31.2 Å². The third-order valence-corrected chi connectivity index (χ3v) is 4.28. The Kier molecular flexibility index (Phi) is 4.24. The topological polar surface area (TPSA) is 59.8 Å². The first-order valence-electron chi connectivity index (χ1n) is 7.01.